The summed E-state index contributed by atoms with van der Waals surface area (Å²) in [6, 6.07) is 14.7. The molecule has 35 heavy (non-hydrogen) atoms. The Kier molecular flexibility index (Phi) is 7.51. The van der Waals surface area contributed by atoms with Gasteiger partial charge >= 0.3 is 0 Å². The Morgan fingerprint density at radius 2 is 1.89 bits per heavy atom. The lowest BCUT2D eigenvalue weighted by Gasteiger charge is -2.30. The number of amides is 1. The number of para-hydroxylation sites is 2. The summed E-state index contributed by atoms with van der Waals surface area (Å²) in [6.45, 7) is 4.34. The van der Waals surface area contributed by atoms with Crippen LogP contribution in [-0.4, -0.2) is 70.5 Å². The number of hydrogen-bond acceptors (Lipinski definition) is 8. The zero-order valence-electron chi connectivity index (χ0n) is 19.4. The normalized spacial score (nSPS) is 18.1. The summed E-state index contributed by atoms with van der Waals surface area (Å²) in [5, 5.41) is 22.2. The molecule has 3 heterocycles. The van der Waals surface area contributed by atoms with Gasteiger partial charge < -0.3 is 24.8 Å². The fourth-order valence-electron chi connectivity index (χ4n) is 4.35. The number of aromatic nitrogens is 3. The fourth-order valence-corrected chi connectivity index (χ4v) is 5.10. The molecule has 0 aliphatic carbocycles. The molecule has 2 N–H and O–H groups in total. The van der Waals surface area contributed by atoms with Crippen molar-refractivity contribution in [2.75, 3.05) is 48.9 Å². The molecular formula is C25H29N5O4S. The number of benzene rings is 2. The Morgan fingerprint density at radius 1 is 1.09 bits per heavy atom. The van der Waals surface area contributed by atoms with Gasteiger partial charge in [0.05, 0.1) is 43.0 Å². The first-order valence-corrected chi connectivity index (χ1v) is 12.8. The van der Waals surface area contributed by atoms with Crippen LogP contribution in [0.2, 0.25) is 0 Å². The summed E-state index contributed by atoms with van der Waals surface area (Å²) in [5.74, 6) is 0.994. The maximum absolute atomic E-state index is 12.9. The summed E-state index contributed by atoms with van der Waals surface area (Å²) >= 11 is 1.36. The number of morpholine rings is 1. The number of rotatable bonds is 8. The molecule has 2 saturated heterocycles. The number of carbonyl (C=O) groups excluding carboxylic acids is 1. The number of anilines is 2. The molecule has 184 valence electrons. The van der Waals surface area contributed by atoms with Crippen molar-refractivity contribution in [1.82, 2.24) is 14.8 Å². The second kappa shape index (κ2) is 11.1. The smallest absolute Gasteiger partial charge is 0.234 e. The van der Waals surface area contributed by atoms with Gasteiger partial charge in [0, 0.05) is 25.3 Å². The van der Waals surface area contributed by atoms with E-state index in [4.69, 9.17) is 9.47 Å². The molecular weight excluding hydrogens is 466 g/mol. The summed E-state index contributed by atoms with van der Waals surface area (Å²) in [5.41, 5.74) is 2.65. The molecule has 1 unspecified atom stereocenters. The van der Waals surface area contributed by atoms with Gasteiger partial charge in [-0.1, -0.05) is 23.9 Å². The number of phenolic OH excluding ortho intramolecular Hbond substituents is 1. The predicted molar refractivity (Wildman–Crippen MR) is 135 cm³/mol. The average Bonchev–Trinajstić information content (AvgIpc) is 3.55. The van der Waals surface area contributed by atoms with Gasteiger partial charge in [-0.15, -0.1) is 10.2 Å². The van der Waals surface area contributed by atoms with Crippen molar-refractivity contribution in [3.05, 3.63) is 48.5 Å². The summed E-state index contributed by atoms with van der Waals surface area (Å²) in [4.78, 5) is 15.1. The summed E-state index contributed by atoms with van der Waals surface area (Å²) in [7, 11) is 0. The second-order valence-corrected chi connectivity index (χ2v) is 9.49. The van der Waals surface area contributed by atoms with Crippen LogP contribution in [-0.2, 0) is 20.8 Å². The minimum Gasteiger partial charge on any atom is -0.508 e. The van der Waals surface area contributed by atoms with E-state index in [1.54, 1.807) is 12.1 Å². The van der Waals surface area contributed by atoms with Crippen LogP contribution in [0.3, 0.4) is 0 Å². The Labute approximate surface area is 208 Å². The third-order valence-corrected chi connectivity index (χ3v) is 7.08. The quantitative estimate of drug-likeness (QED) is 0.459. The minimum atomic E-state index is -0.103. The van der Waals surface area contributed by atoms with Crippen LogP contribution in [0.1, 0.15) is 12.8 Å². The molecule has 2 aliphatic rings. The number of hydrogen-bond donors (Lipinski definition) is 2. The van der Waals surface area contributed by atoms with Gasteiger partial charge in [0.15, 0.2) is 11.0 Å². The molecule has 0 bridgehead atoms. The molecule has 1 aromatic heterocycles. The van der Waals surface area contributed by atoms with E-state index in [2.05, 4.69) is 20.4 Å². The van der Waals surface area contributed by atoms with Crippen molar-refractivity contribution in [3.63, 3.8) is 0 Å². The monoisotopic (exact) mass is 495 g/mol. The van der Waals surface area contributed by atoms with E-state index in [1.807, 2.05) is 41.0 Å². The third kappa shape index (κ3) is 5.77. The fraction of sp³-hybridized carbons (Fsp3) is 0.400. The van der Waals surface area contributed by atoms with E-state index < -0.39 is 0 Å². The zero-order chi connectivity index (χ0) is 24.0. The van der Waals surface area contributed by atoms with E-state index in [0.29, 0.717) is 30.7 Å². The number of thioether (sulfide) groups is 1. The SMILES string of the molecule is O=C(CSc1nnc(-c2ccc(O)cc2)n1CC1CCCO1)Nc1ccccc1N1CCOCC1. The highest BCUT2D eigenvalue weighted by Crippen LogP contribution is 2.29. The van der Waals surface area contributed by atoms with Gasteiger partial charge in [0.25, 0.3) is 0 Å². The first-order valence-electron chi connectivity index (χ1n) is 11.9. The van der Waals surface area contributed by atoms with Crippen LogP contribution in [0.15, 0.2) is 53.7 Å². The van der Waals surface area contributed by atoms with Crippen molar-refractivity contribution in [2.45, 2.75) is 30.6 Å². The van der Waals surface area contributed by atoms with Gasteiger partial charge in [0.2, 0.25) is 5.91 Å². The molecule has 10 heteroatoms. The molecule has 5 rings (SSSR count). The van der Waals surface area contributed by atoms with Crippen LogP contribution >= 0.6 is 11.8 Å². The second-order valence-electron chi connectivity index (χ2n) is 8.55. The van der Waals surface area contributed by atoms with Gasteiger partial charge in [-0.25, -0.2) is 0 Å². The van der Waals surface area contributed by atoms with Gasteiger partial charge in [-0.05, 0) is 49.2 Å². The van der Waals surface area contributed by atoms with Crippen LogP contribution in [0.25, 0.3) is 11.4 Å². The van der Waals surface area contributed by atoms with Crippen LogP contribution in [0.5, 0.6) is 5.75 Å². The average molecular weight is 496 g/mol. The van der Waals surface area contributed by atoms with Crippen LogP contribution < -0.4 is 10.2 Å². The van der Waals surface area contributed by atoms with Gasteiger partial charge in [-0.2, -0.15) is 0 Å². The first-order chi connectivity index (χ1) is 17.2. The molecule has 0 saturated carbocycles. The zero-order valence-corrected chi connectivity index (χ0v) is 20.2. The Morgan fingerprint density at radius 3 is 2.66 bits per heavy atom. The van der Waals surface area contributed by atoms with Crippen molar-refractivity contribution in [3.8, 4) is 17.1 Å². The largest absolute Gasteiger partial charge is 0.508 e. The molecule has 2 fully saturated rings. The lowest BCUT2D eigenvalue weighted by atomic mass is 10.2. The Balaban J connectivity index is 1.29. The maximum atomic E-state index is 12.9. The standard InChI is InChI=1S/C25H29N5O4S/c31-19-9-7-18(8-10-19)24-27-28-25(30(24)16-20-4-3-13-34-20)35-17-23(32)26-21-5-1-2-6-22(21)29-11-14-33-15-12-29/h1-2,5-10,20,31H,3-4,11-17H2,(H,26,32). The molecule has 1 amide bonds. The minimum absolute atomic E-state index is 0.0930. The van der Waals surface area contributed by atoms with E-state index in [9.17, 15) is 9.90 Å². The number of phenols is 1. The molecule has 0 radical (unpaired) electrons. The molecule has 9 nitrogen and oxygen atoms in total. The number of nitrogens with zero attached hydrogens (tertiary/aromatic N) is 4. The van der Waals surface area contributed by atoms with Crippen molar-refractivity contribution in [2.24, 2.45) is 0 Å². The maximum Gasteiger partial charge on any atom is 0.234 e. The highest BCUT2D eigenvalue weighted by Gasteiger charge is 2.23. The molecule has 2 aromatic carbocycles. The number of carbonyl (C=O) groups is 1. The Hall–Kier alpha value is -3.08. The van der Waals surface area contributed by atoms with Crippen molar-refractivity contribution < 1.29 is 19.4 Å². The predicted octanol–water partition coefficient (Wildman–Crippen LogP) is 3.40. The molecule has 2 aliphatic heterocycles. The lowest BCUT2D eigenvalue weighted by molar-refractivity contribution is -0.113. The topological polar surface area (TPSA) is 102 Å². The van der Waals surface area contributed by atoms with E-state index >= 15 is 0 Å². The van der Waals surface area contributed by atoms with E-state index in [-0.39, 0.29) is 23.5 Å². The first kappa shape index (κ1) is 23.7. The van der Waals surface area contributed by atoms with Crippen LogP contribution in [0.4, 0.5) is 11.4 Å². The third-order valence-electron chi connectivity index (χ3n) is 6.11. The molecule has 1 atom stereocenters. The number of aromatic hydroxyl groups is 1. The number of ether oxygens (including phenoxy) is 2. The van der Waals surface area contributed by atoms with Gasteiger partial charge in [0.1, 0.15) is 5.75 Å². The molecule has 3 aromatic rings. The highest BCUT2D eigenvalue weighted by atomic mass is 32.2. The van der Waals surface area contributed by atoms with Gasteiger partial charge in [-0.3, -0.25) is 9.36 Å². The Bertz CT molecular complexity index is 1140. The molecule has 0 spiro atoms. The summed E-state index contributed by atoms with van der Waals surface area (Å²) < 4.78 is 13.3. The van der Waals surface area contributed by atoms with Crippen molar-refractivity contribution in [1.29, 1.82) is 0 Å². The van der Waals surface area contributed by atoms with E-state index in [1.165, 1.54) is 11.8 Å². The summed E-state index contributed by atoms with van der Waals surface area (Å²) in [6.07, 6.45) is 2.11. The highest BCUT2D eigenvalue weighted by molar-refractivity contribution is 7.99. The van der Waals surface area contributed by atoms with Crippen LogP contribution in [0, 0.1) is 0 Å². The van der Waals surface area contributed by atoms with Crippen molar-refractivity contribution >= 4 is 29.0 Å². The lowest BCUT2D eigenvalue weighted by Crippen LogP contribution is -2.36. The van der Waals surface area contributed by atoms with E-state index in [0.717, 1.165) is 49.5 Å². The number of nitrogens with one attached hydrogen (secondary N) is 1.